The van der Waals surface area contributed by atoms with Crippen LogP contribution in [0.1, 0.15) is 5.69 Å². The van der Waals surface area contributed by atoms with Crippen LogP contribution in [0, 0.1) is 0 Å². The number of H-pyrrole nitrogens is 2. The largest absolute Gasteiger partial charge is 0.417 e. The van der Waals surface area contributed by atoms with Gasteiger partial charge in [0.05, 0.1) is 15.7 Å². The Kier molecular flexibility index (Phi) is 2.57. The predicted octanol–water partition coefficient (Wildman–Crippen LogP) is 1.73. The third-order valence-corrected chi connectivity index (χ3v) is 3.53. The zero-order valence-corrected chi connectivity index (χ0v) is 10.7. The number of halogens is 1. The molecule has 0 amide bonds. The fourth-order valence-corrected chi connectivity index (χ4v) is 2.36. The van der Waals surface area contributed by atoms with Crippen LogP contribution in [0.4, 0.5) is 0 Å². The first-order chi connectivity index (χ1) is 8.69. The number of oxazole rings is 1. The van der Waals surface area contributed by atoms with Gasteiger partial charge in [0.1, 0.15) is 5.69 Å². The van der Waals surface area contributed by atoms with Crippen molar-refractivity contribution in [3.63, 3.8) is 0 Å². The van der Waals surface area contributed by atoms with Gasteiger partial charge in [0.2, 0.25) is 0 Å². The van der Waals surface area contributed by atoms with Crippen molar-refractivity contribution in [2.24, 2.45) is 5.73 Å². The molecule has 0 saturated carbocycles. The molecule has 92 valence electrons. The highest BCUT2D eigenvalue weighted by Gasteiger charge is 2.12. The van der Waals surface area contributed by atoms with Gasteiger partial charge in [-0.25, -0.2) is 4.79 Å². The predicted molar refractivity (Wildman–Crippen MR) is 70.0 cm³/mol. The zero-order valence-electron chi connectivity index (χ0n) is 9.16. The number of nitrogens with one attached hydrogen (secondary N) is 2. The maximum absolute atomic E-state index is 11.1. The average Bonchev–Trinajstić information content (AvgIpc) is 2.89. The summed E-state index contributed by atoms with van der Waals surface area (Å²) in [5.41, 5.74) is 9.17. The van der Waals surface area contributed by atoms with Gasteiger partial charge in [0.25, 0.3) is 0 Å². The van der Waals surface area contributed by atoms with Gasteiger partial charge in [-0.3, -0.25) is 10.1 Å². The van der Waals surface area contributed by atoms with Crippen LogP contribution in [0.5, 0.6) is 0 Å². The van der Waals surface area contributed by atoms with E-state index >= 15 is 0 Å². The van der Waals surface area contributed by atoms with Crippen LogP contribution in [0.15, 0.2) is 31.9 Å². The minimum Gasteiger partial charge on any atom is -0.408 e. The van der Waals surface area contributed by atoms with Gasteiger partial charge in [-0.15, -0.1) is 0 Å². The van der Waals surface area contributed by atoms with Crippen LogP contribution in [-0.4, -0.2) is 15.2 Å². The number of hydrogen-bond acceptors (Lipinski definition) is 4. The summed E-state index contributed by atoms with van der Waals surface area (Å²) in [6, 6.07) is 5.37. The normalized spacial score (nSPS) is 11.2. The van der Waals surface area contributed by atoms with Crippen molar-refractivity contribution in [1.82, 2.24) is 15.2 Å². The molecule has 2 heterocycles. The van der Waals surface area contributed by atoms with Crippen molar-refractivity contribution in [2.75, 3.05) is 0 Å². The Balaban J connectivity index is 2.18. The van der Waals surface area contributed by atoms with E-state index in [1.807, 2.05) is 12.1 Å². The molecule has 3 aromatic rings. The van der Waals surface area contributed by atoms with Gasteiger partial charge in [0.15, 0.2) is 5.58 Å². The van der Waals surface area contributed by atoms with E-state index in [9.17, 15) is 4.79 Å². The van der Waals surface area contributed by atoms with Crippen molar-refractivity contribution in [3.05, 3.63) is 38.9 Å². The SMILES string of the molecule is NCc1[nH]nc(-c2ccc3oc(=O)[nH]c3c2)c1Br. The zero-order chi connectivity index (χ0) is 12.7. The summed E-state index contributed by atoms with van der Waals surface area (Å²) in [7, 11) is 0. The van der Waals surface area contributed by atoms with Crippen LogP contribution >= 0.6 is 15.9 Å². The van der Waals surface area contributed by atoms with Gasteiger partial charge in [-0.1, -0.05) is 0 Å². The van der Waals surface area contributed by atoms with E-state index in [0.717, 1.165) is 21.4 Å². The molecule has 3 rings (SSSR count). The minimum absolute atomic E-state index is 0.373. The molecule has 0 saturated heterocycles. The molecule has 0 aliphatic carbocycles. The molecule has 0 bridgehead atoms. The second-order valence-electron chi connectivity index (χ2n) is 3.79. The van der Waals surface area contributed by atoms with Gasteiger partial charge < -0.3 is 10.2 Å². The Morgan fingerprint density at radius 2 is 2.28 bits per heavy atom. The molecule has 0 spiro atoms. The van der Waals surface area contributed by atoms with E-state index in [-0.39, 0.29) is 0 Å². The monoisotopic (exact) mass is 308 g/mol. The van der Waals surface area contributed by atoms with E-state index in [0.29, 0.717) is 17.6 Å². The van der Waals surface area contributed by atoms with Gasteiger partial charge in [0, 0.05) is 12.1 Å². The number of nitrogens with zero attached hydrogens (tertiary/aromatic N) is 1. The van der Waals surface area contributed by atoms with Crippen molar-refractivity contribution >= 4 is 27.0 Å². The van der Waals surface area contributed by atoms with Crippen LogP contribution in [0.3, 0.4) is 0 Å². The Morgan fingerprint density at radius 1 is 1.44 bits per heavy atom. The number of hydrogen-bond donors (Lipinski definition) is 3. The van der Waals surface area contributed by atoms with Crippen LogP contribution in [-0.2, 0) is 6.54 Å². The van der Waals surface area contributed by atoms with E-state index in [1.54, 1.807) is 6.07 Å². The summed E-state index contributed by atoms with van der Waals surface area (Å²) in [6.07, 6.45) is 0. The summed E-state index contributed by atoms with van der Waals surface area (Å²) < 4.78 is 5.77. The second kappa shape index (κ2) is 4.11. The van der Waals surface area contributed by atoms with Crippen LogP contribution in [0.2, 0.25) is 0 Å². The van der Waals surface area contributed by atoms with E-state index < -0.39 is 5.76 Å². The molecule has 0 radical (unpaired) electrons. The first kappa shape index (κ1) is 11.2. The van der Waals surface area contributed by atoms with Gasteiger partial charge in [-0.05, 0) is 34.1 Å². The third kappa shape index (κ3) is 1.68. The molecule has 0 aliphatic heterocycles. The molecule has 2 aromatic heterocycles. The molecule has 7 heteroatoms. The molecule has 4 N–H and O–H groups in total. The molecular formula is C11H9BrN4O2. The molecule has 0 atom stereocenters. The Labute approximate surface area is 109 Å². The molecule has 0 fully saturated rings. The second-order valence-corrected chi connectivity index (χ2v) is 4.59. The van der Waals surface area contributed by atoms with E-state index in [4.69, 9.17) is 10.2 Å². The molecule has 1 aromatic carbocycles. The van der Waals surface area contributed by atoms with Crippen LogP contribution < -0.4 is 11.5 Å². The maximum atomic E-state index is 11.1. The summed E-state index contributed by atoms with van der Waals surface area (Å²) in [5, 5.41) is 7.05. The lowest BCUT2D eigenvalue weighted by Crippen LogP contribution is -1.96. The molecular weight excluding hydrogens is 300 g/mol. The van der Waals surface area contributed by atoms with Gasteiger partial charge in [-0.2, -0.15) is 5.10 Å². The number of fused-ring (bicyclic) bond motifs is 1. The lowest BCUT2D eigenvalue weighted by molar-refractivity contribution is 0.555. The van der Waals surface area contributed by atoms with E-state index in [2.05, 4.69) is 31.1 Å². The summed E-state index contributed by atoms with van der Waals surface area (Å²) in [6.45, 7) is 0.373. The quantitative estimate of drug-likeness (QED) is 0.671. The highest BCUT2D eigenvalue weighted by Crippen LogP contribution is 2.30. The molecule has 0 aliphatic rings. The Morgan fingerprint density at radius 3 is 3.00 bits per heavy atom. The van der Waals surface area contributed by atoms with Crippen molar-refractivity contribution in [3.8, 4) is 11.3 Å². The van der Waals surface area contributed by atoms with Crippen molar-refractivity contribution in [1.29, 1.82) is 0 Å². The topological polar surface area (TPSA) is 101 Å². The maximum Gasteiger partial charge on any atom is 0.417 e. The first-order valence-corrected chi connectivity index (χ1v) is 6.04. The first-order valence-electron chi connectivity index (χ1n) is 5.25. The standard InChI is InChI=1S/C11H9BrN4O2/c12-9-7(4-13)15-16-10(9)5-1-2-8-6(3-5)14-11(17)18-8/h1-3H,4,13H2,(H,14,17)(H,15,16). The lowest BCUT2D eigenvalue weighted by Gasteiger charge is -1.97. The fraction of sp³-hybridized carbons (Fsp3) is 0.0909. The molecule has 6 nitrogen and oxygen atoms in total. The van der Waals surface area contributed by atoms with Crippen molar-refractivity contribution in [2.45, 2.75) is 6.54 Å². The molecule has 0 unspecified atom stereocenters. The summed E-state index contributed by atoms with van der Waals surface area (Å²) in [4.78, 5) is 13.7. The number of aromatic amines is 2. The summed E-state index contributed by atoms with van der Waals surface area (Å²) in [5.74, 6) is -0.467. The smallest absolute Gasteiger partial charge is 0.408 e. The Hall–Kier alpha value is -1.86. The van der Waals surface area contributed by atoms with Crippen LogP contribution in [0.25, 0.3) is 22.4 Å². The van der Waals surface area contributed by atoms with E-state index in [1.165, 1.54) is 0 Å². The lowest BCUT2D eigenvalue weighted by atomic mass is 10.1. The fourth-order valence-electron chi connectivity index (χ4n) is 1.79. The highest BCUT2D eigenvalue weighted by atomic mass is 79.9. The number of rotatable bonds is 2. The minimum atomic E-state index is -0.467. The Bertz CT molecular complexity index is 771. The number of nitrogens with two attached hydrogens (primary N) is 1. The van der Waals surface area contributed by atoms with Crippen molar-refractivity contribution < 1.29 is 4.42 Å². The summed E-state index contributed by atoms with van der Waals surface area (Å²) >= 11 is 3.45. The van der Waals surface area contributed by atoms with Gasteiger partial charge >= 0.3 is 5.76 Å². The average molecular weight is 309 g/mol. The third-order valence-electron chi connectivity index (χ3n) is 2.67. The number of aromatic nitrogens is 3. The molecule has 18 heavy (non-hydrogen) atoms. The number of benzene rings is 1. The highest BCUT2D eigenvalue weighted by molar-refractivity contribution is 9.10.